The molecule has 2 N–H and O–H groups in total. The van der Waals surface area contributed by atoms with E-state index in [-0.39, 0.29) is 0 Å². The summed E-state index contributed by atoms with van der Waals surface area (Å²) in [4.78, 5) is 10.2. The zero-order valence-corrected chi connectivity index (χ0v) is 11.5. The molecule has 0 aromatic carbocycles. The Bertz CT molecular complexity index is 516. The van der Waals surface area contributed by atoms with Crippen molar-refractivity contribution in [2.24, 2.45) is 0 Å². The lowest BCUT2D eigenvalue weighted by Crippen LogP contribution is -2.43. The number of halogens is 1. The first-order chi connectivity index (χ1) is 8.81. The fourth-order valence-corrected chi connectivity index (χ4v) is 3.00. The monoisotopic (exact) mass is 282 g/mol. The molecule has 1 aliphatic rings. The number of thiophene rings is 1. The number of hydrogen-bond acceptors (Lipinski definition) is 4. The Hall–Kier alpha value is -0.880. The van der Waals surface area contributed by atoms with E-state index >= 15 is 0 Å². The Kier molecular flexibility index (Phi) is 3.65. The average Bonchev–Trinajstić information content (AvgIpc) is 2.99. The van der Waals surface area contributed by atoms with Gasteiger partial charge in [-0.25, -0.2) is 4.98 Å². The van der Waals surface area contributed by atoms with Gasteiger partial charge in [0.25, 0.3) is 0 Å². The van der Waals surface area contributed by atoms with E-state index in [0.29, 0.717) is 0 Å². The van der Waals surface area contributed by atoms with E-state index in [1.807, 2.05) is 17.6 Å². The third-order valence-electron chi connectivity index (χ3n) is 3.09. The number of aromatic amines is 1. The molecule has 1 saturated heterocycles. The van der Waals surface area contributed by atoms with Crippen molar-refractivity contribution in [1.29, 1.82) is 0 Å². The SMILES string of the molecule is Clc1cc(-c2cnc(CN3CCNCC3)[nH]2)cs1. The van der Waals surface area contributed by atoms with E-state index in [0.717, 1.165) is 54.1 Å². The second-order valence-electron chi connectivity index (χ2n) is 4.41. The molecule has 1 fully saturated rings. The number of H-pyrrole nitrogens is 1. The van der Waals surface area contributed by atoms with E-state index in [1.165, 1.54) is 0 Å². The first-order valence-corrected chi connectivity index (χ1v) is 7.28. The van der Waals surface area contributed by atoms with Gasteiger partial charge < -0.3 is 10.3 Å². The van der Waals surface area contributed by atoms with Gasteiger partial charge in [0.05, 0.1) is 22.8 Å². The molecule has 1 aliphatic heterocycles. The van der Waals surface area contributed by atoms with E-state index in [1.54, 1.807) is 11.3 Å². The van der Waals surface area contributed by atoms with Gasteiger partial charge in [-0.2, -0.15) is 0 Å². The summed E-state index contributed by atoms with van der Waals surface area (Å²) in [7, 11) is 0. The highest BCUT2D eigenvalue weighted by Crippen LogP contribution is 2.27. The van der Waals surface area contributed by atoms with Crippen LogP contribution in [0.25, 0.3) is 11.3 Å². The first kappa shape index (κ1) is 12.2. The average molecular weight is 283 g/mol. The second-order valence-corrected chi connectivity index (χ2v) is 5.95. The van der Waals surface area contributed by atoms with Crippen LogP contribution in [0.1, 0.15) is 5.82 Å². The van der Waals surface area contributed by atoms with Crippen molar-refractivity contribution in [3.05, 3.63) is 27.8 Å². The summed E-state index contributed by atoms with van der Waals surface area (Å²) in [6.07, 6.45) is 1.88. The zero-order chi connectivity index (χ0) is 12.4. The molecule has 2 aromatic rings. The molecule has 6 heteroatoms. The van der Waals surface area contributed by atoms with Crippen LogP contribution >= 0.6 is 22.9 Å². The minimum Gasteiger partial charge on any atom is -0.341 e. The molecule has 0 unspecified atom stereocenters. The fraction of sp³-hybridized carbons (Fsp3) is 0.417. The van der Waals surface area contributed by atoms with Crippen molar-refractivity contribution in [3.63, 3.8) is 0 Å². The van der Waals surface area contributed by atoms with Gasteiger partial charge in [-0.15, -0.1) is 11.3 Å². The van der Waals surface area contributed by atoms with Gasteiger partial charge in [0.2, 0.25) is 0 Å². The standard InChI is InChI=1S/C12H15ClN4S/c13-11-5-9(8-18-11)10-6-15-12(16-10)7-17-3-1-14-2-4-17/h5-6,8,14H,1-4,7H2,(H,15,16). The molecule has 96 valence electrons. The number of piperazine rings is 1. The molecule has 3 rings (SSSR count). The van der Waals surface area contributed by atoms with Gasteiger partial charge in [0.1, 0.15) is 5.82 Å². The quantitative estimate of drug-likeness (QED) is 0.907. The number of rotatable bonds is 3. The van der Waals surface area contributed by atoms with Crippen LogP contribution in [0.3, 0.4) is 0 Å². The van der Waals surface area contributed by atoms with Crippen molar-refractivity contribution in [3.8, 4) is 11.3 Å². The number of nitrogens with one attached hydrogen (secondary N) is 2. The van der Waals surface area contributed by atoms with Gasteiger partial charge >= 0.3 is 0 Å². The maximum atomic E-state index is 5.94. The van der Waals surface area contributed by atoms with Crippen molar-refractivity contribution in [1.82, 2.24) is 20.2 Å². The second kappa shape index (κ2) is 5.40. The molecule has 0 atom stereocenters. The molecule has 18 heavy (non-hydrogen) atoms. The van der Waals surface area contributed by atoms with Crippen LogP contribution in [0, 0.1) is 0 Å². The summed E-state index contributed by atoms with van der Waals surface area (Å²) in [5.74, 6) is 1.02. The molecule has 0 amide bonds. The lowest BCUT2D eigenvalue weighted by atomic mass is 10.3. The minimum absolute atomic E-state index is 0.809. The lowest BCUT2D eigenvalue weighted by Gasteiger charge is -2.26. The number of hydrogen-bond donors (Lipinski definition) is 2. The highest BCUT2D eigenvalue weighted by Gasteiger charge is 2.12. The maximum absolute atomic E-state index is 5.94. The predicted octanol–water partition coefficient (Wildman–Crippen LogP) is 2.20. The van der Waals surface area contributed by atoms with Crippen LogP contribution in [0.15, 0.2) is 17.6 Å². The molecule has 0 aliphatic carbocycles. The van der Waals surface area contributed by atoms with E-state index in [2.05, 4.69) is 20.2 Å². The summed E-state index contributed by atoms with van der Waals surface area (Å²) in [6, 6.07) is 1.97. The van der Waals surface area contributed by atoms with Crippen LogP contribution < -0.4 is 5.32 Å². The van der Waals surface area contributed by atoms with Crippen molar-refractivity contribution in [2.75, 3.05) is 26.2 Å². The third kappa shape index (κ3) is 2.75. The van der Waals surface area contributed by atoms with Gasteiger partial charge in [0, 0.05) is 37.1 Å². The van der Waals surface area contributed by atoms with Gasteiger partial charge in [-0.3, -0.25) is 4.90 Å². The molecule has 4 nitrogen and oxygen atoms in total. The molecule has 2 aromatic heterocycles. The van der Waals surface area contributed by atoms with E-state index < -0.39 is 0 Å². The molecule has 0 bridgehead atoms. The van der Waals surface area contributed by atoms with Crippen LogP contribution in [-0.4, -0.2) is 41.0 Å². The Morgan fingerprint density at radius 3 is 2.94 bits per heavy atom. The Balaban J connectivity index is 1.69. The summed E-state index contributed by atoms with van der Waals surface area (Å²) in [6.45, 7) is 5.18. The van der Waals surface area contributed by atoms with Gasteiger partial charge in [-0.05, 0) is 6.07 Å². The summed E-state index contributed by atoms with van der Waals surface area (Å²) >= 11 is 7.48. The molecular formula is C12H15ClN4S. The summed E-state index contributed by atoms with van der Waals surface area (Å²) < 4.78 is 0.809. The Morgan fingerprint density at radius 1 is 1.39 bits per heavy atom. The highest BCUT2D eigenvalue weighted by molar-refractivity contribution is 7.14. The Labute approximate surface area is 115 Å². The van der Waals surface area contributed by atoms with Crippen molar-refractivity contribution < 1.29 is 0 Å². The molecule has 0 spiro atoms. The molecule has 0 radical (unpaired) electrons. The van der Waals surface area contributed by atoms with Gasteiger partial charge in [-0.1, -0.05) is 11.6 Å². The van der Waals surface area contributed by atoms with Crippen molar-refractivity contribution >= 4 is 22.9 Å². The molecule has 0 saturated carbocycles. The van der Waals surface area contributed by atoms with Crippen LogP contribution in [0.2, 0.25) is 4.34 Å². The van der Waals surface area contributed by atoms with Crippen molar-refractivity contribution in [2.45, 2.75) is 6.54 Å². The maximum Gasteiger partial charge on any atom is 0.120 e. The number of aromatic nitrogens is 2. The number of imidazole rings is 1. The minimum atomic E-state index is 0.809. The Morgan fingerprint density at radius 2 is 2.22 bits per heavy atom. The van der Waals surface area contributed by atoms with Crippen LogP contribution in [0.4, 0.5) is 0 Å². The third-order valence-corrected chi connectivity index (χ3v) is 4.18. The van der Waals surface area contributed by atoms with Gasteiger partial charge in [0.15, 0.2) is 0 Å². The topological polar surface area (TPSA) is 44.0 Å². The van der Waals surface area contributed by atoms with E-state index in [9.17, 15) is 0 Å². The largest absolute Gasteiger partial charge is 0.341 e. The highest BCUT2D eigenvalue weighted by atomic mass is 35.5. The molecular weight excluding hydrogens is 268 g/mol. The normalized spacial score (nSPS) is 17.2. The van der Waals surface area contributed by atoms with E-state index in [4.69, 9.17) is 11.6 Å². The van der Waals surface area contributed by atoms with Crippen LogP contribution in [-0.2, 0) is 6.54 Å². The zero-order valence-electron chi connectivity index (χ0n) is 9.95. The number of nitrogens with zero attached hydrogens (tertiary/aromatic N) is 2. The first-order valence-electron chi connectivity index (χ1n) is 6.02. The fourth-order valence-electron chi connectivity index (χ4n) is 2.12. The smallest absolute Gasteiger partial charge is 0.120 e. The lowest BCUT2D eigenvalue weighted by molar-refractivity contribution is 0.228. The van der Waals surface area contributed by atoms with Crippen LogP contribution in [0.5, 0.6) is 0 Å². The summed E-state index contributed by atoms with van der Waals surface area (Å²) in [5.41, 5.74) is 2.16. The molecule has 3 heterocycles. The predicted molar refractivity (Wildman–Crippen MR) is 75.1 cm³/mol. The summed E-state index contributed by atoms with van der Waals surface area (Å²) in [5, 5.41) is 5.39.